The van der Waals surface area contributed by atoms with E-state index in [4.69, 9.17) is 10.5 Å². The van der Waals surface area contributed by atoms with Crippen molar-refractivity contribution in [1.82, 2.24) is 20.2 Å². The minimum absolute atomic E-state index is 0.597. The second-order valence-electron chi connectivity index (χ2n) is 4.86. The summed E-state index contributed by atoms with van der Waals surface area (Å²) in [5.74, 6) is 2.01. The summed E-state index contributed by atoms with van der Waals surface area (Å²) in [4.78, 5) is 0. The second kappa shape index (κ2) is 5.69. The number of methoxy groups -OCH3 is 1. The smallest absolute Gasteiger partial charge is 0.184 e. The Morgan fingerprint density at radius 3 is 2.84 bits per heavy atom. The summed E-state index contributed by atoms with van der Waals surface area (Å²) < 4.78 is 7.00. The Hall–Kier alpha value is -2.11. The largest absolute Gasteiger partial charge is 0.497 e. The van der Waals surface area contributed by atoms with Crippen molar-refractivity contribution in [2.24, 2.45) is 5.92 Å². The molecule has 0 aliphatic carbocycles. The number of hydrogen-bond acceptors (Lipinski definition) is 5. The predicted octanol–water partition coefficient (Wildman–Crippen LogP) is 1.98. The van der Waals surface area contributed by atoms with Gasteiger partial charge in [-0.1, -0.05) is 13.8 Å². The van der Waals surface area contributed by atoms with E-state index in [0.717, 1.165) is 24.3 Å². The maximum absolute atomic E-state index is 6.00. The fourth-order valence-electron chi connectivity index (χ4n) is 1.78. The van der Waals surface area contributed by atoms with Gasteiger partial charge in [0.2, 0.25) is 0 Å². The van der Waals surface area contributed by atoms with Crippen LogP contribution < -0.4 is 10.5 Å². The van der Waals surface area contributed by atoms with Crippen LogP contribution in [-0.2, 0) is 6.54 Å². The van der Waals surface area contributed by atoms with E-state index >= 15 is 0 Å². The zero-order valence-electron chi connectivity index (χ0n) is 11.5. The molecular weight excluding hydrogens is 242 g/mol. The highest BCUT2D eigenvalue weighted by molar-refractivity contribution is 5.72. The number of aryl methyl sites for hydroxylation is 1. The van der Waals surface area contributed by atoms with Crippen LogP contribution in [0.1, 0.15) is 20.3 Å². The normalized spacial score (nSPS) is 10.9. The van der Waals surface area contributed by atoms with Crippen molar-refractivity contribution >= 4 is 5.69 Å². The lowest BCUT2D eigenvalue weighted by Gasteiger charge is -2.09. The molecule has 0 fully saturated rings. The Morgan fingerprint density at radius 2 is 2.16 bits per heavy atom. The molecule has 0 unspecified atom stereocenters. The summed E-state index contributed by atoms with van der Waals surface area (Å²) in [7, 11) is 1.62. The molecule has 0 aliphatic heterocycles. The van der Waals surface area contributed by atoms with E-state index in [1.165, 1.54) is 0 Å². The molecule has 0 atom stereocenters. The van der Waals surface area contributed by atoms with Crippen LogP contribution in [0.4, 0.5) is 5.69 Å². The molecule has 0 bridgehead atoms. The van der Waals surface area contributed by atoms with Gasteiger partial charge in [0.05, 0.1) is 7.11 Å². The number of nitrogens with zero attached hydrogens (tertiary/aromatic N) is 4. The van der Waals surface area contributed by atoms with Crippen LogP contribution in [0.2, 0.25) is 0 Å². The first kappa shape index (κ1) is 13.3. The van der Waals surface area contributed by atoms with Gasteiger partial charge >= 0.3 is 0 Å². The van der Waals surface area contributed by atoms with Gasteiger partial charge in [-0.05, 0) is 41.0 Å². The quantitative estimate of drug-likeness (QED) is 0.832. The van der Waals surface area contributed by atoms with Crippen LogP contribution in [0.5, 0.6) is 5.75 Å². The van der Waals surface area contributed by atoms with Gasteiger partial charge in [-0.2, -0.15) is 0 Å². The van der Waals surface area contributed by atoms with Crippen molar-refractivity contribution in [3.63, 3.8) is 0 Å². The van der Waals surface area contributed by atoms with Crippen molar-refractivity contribution in [3.05, 3.63) is 18.2 Å². The molecule has 2 rings (SSSR count). The molecule has 6 heteroatoms. The maximum Gasteiger partial charge on any atom is 0.184 e. The van der Waals surface area contributed by atoms with E-state index < -0.39 is 0 Å². The predicted molar refractivity (Wildman–Crippen MR) is 73.7 cm³/mol. The third kappa shape index (κ3) is 3.01. The Labute approximate surface area is 112 Å². The third-order valence-corrected chi connectivity index (χ3v) is 2.95. The molecule has 1 heterocycles. The first-order valence-corrected chi connectivity index (χ1v) is 6.32. The molecule has 0 aliphatic rings. The van der Waals surface area contributed by atoms with Crippen LogP contribution in [0, 0.1) is 5.92 Å². The molecule has 2 N–H and O–H groups in total. The van der Waals surface area contributed by atoms with Crippen molar-refractivity contribution < 1.29 is 4.74 Å². The number of anilines is 1. The van der Waals surface area contributed by atoms with Gasteiger partial charge in [0, 0.05) is 17.8 Å². The molecule has 2 aromatic rings. The van der Waals surface area contributed by atoms with E-state index in [-0.39, 0.29) is 0 Å². The average molecular weight is 261 g/mol. The molecule has 6 nitrogen and oxygen atoms in total. The second-order valence-corrected chi connectivity index (χ2v) is 4.86. The lowest BCUT2D eigenvalue weighted by Crippen LogP contribution is -2.06. The summed E-state index contributed by atoms with van der Waals surface area (Å²) in [6.07, 6.45) is 1.02. The number of hydrogen-bond donors (Lipinski definition) is 1. The first-order chi connectivity index (χ1) is 9.11. The van der Waals surface area contributed by atoms with Crippen LogP contribution in [0.3, 0.4) is 0 Å². The van der Waals surface area contributed by atoms with Gasteiger partial charge in [0.1, 0.15) is 5.75 Å². The van der Waals surface area contributed by atoms with Gasteiger partial charge in [0.15, 0.2) is 5.82 Å². The lowest BCUT2D eigenvalue weighted by molar-refractivity contribution is 0.415. The average Bonchev–Trinajstić information content (AvgIpc) is 2.85. The van der Waals surface area contributed by atoms with Gasteiger partial charge in [-0.25, -0.2) is 4.68 Å². The zero-order chi connectivity index (χ0) is 13.8. The van der Waals surface area contributed by atoms with E-state index in [9.17, 15) is 0 Å². The fraction of sp³-hybridized carbons (Fsp3) is 0.462. The topological polar surface area (TPSA) is 78.8 Å². The van der Waals surface area contributed by atoms with Gasteiger partial charge in [-0.3, -0.25) is 0 Å². The molecule has 0 spiro atoms. The summed E-state index contributed by atoms with van der Waals surface area (Å²) in [5.41, 5.74) is 7.44. The standard InChI is InChI=1S/C13H19N5O/c1-9(2)6-7-18-13(15-16-17-18)11-8-10(19-3)4-5-12(11)14/h4-5,8-9H,6-7,14H2,1-3H3. The minimum atomic E-state index is 0.597. The van der Waals surface area contributed by atoms with Crippen LogP contribution in [-0.4, -0.2) is 27.3 Å². The molecule has 0 saturated carbocycles. The number of aromatic nitrogens is 4. The molecule has 1 aromatic heterocycles. The summed E-state index contributed by atoms with van der Waals surface area (Å²) >= 11 is 0. The Kier molecular flexibility index (Phi) is 3.99. The summed E-state index contributed by atoms with van der Waals surface area (Å²) in [5, 5.41) is 11.8. The Balaban J connectivity index is 2.33. The number of benzene rings is 1. The molecule has 0 saturated heterocycles. The van der Waals surface area contributed by atoms with E-state index in [0.29, 0.717) is 17.4 Å². The monoisotopic (exact) mass is 261 g/mol. The van der Waals surface area contributed by atoms with E-state index in [2.05, 4.69) is 29.4 Å². The molecule has 0 amide bonds. The lowest BCUT2D eigenvalue weighted by atomic mass is 10.1. The molecule has 19 heavy (non-hydrogen) atoms. The minimum Gasteiger partial charge on any atom is -0.497 e. The number of ether oxygens (including phenoxy) is 1. The van der Waals surface area contributed by atoms with Gasteiger partial charge in [-0.15, -0.1) is 5.10 Å². The van der Waals surface area contributed by atoms with E-state index in [1.807, 2.05) is 12.1 Å². The van der Waals surface area contributed by atoms with Crippen molar-refractivity contribution in [2.75, 3.05) is 12.8 Å². The molecule has 102 valence electrons. The van der Waals surface area contributed by atoms with Gasteiger partial charge < -0.3 is 10.5 Å². The first-order valence-electron chi connectivity index (χ1n) is 6.32. The van der Waals surface area contributed by atoms with Crippen molar-refractivity contribution in [1.29, 1.82) is 0 Å². The highest BCUT2D eigenvalue weighted by Crippen LogP contribution is 2.28. The number of tetrazole rings is 1. The van der Waals surface area contributed by atoms with Crippen molar-refractivity contribution in [2.45, 2.75) is 26.8 Å². The third-order valence-electron chi connectivity index (χ3n) is 2.95. The molecular formula is C13H19N5O. The summed E-state index contributed by atoms with van der Waals surface area (Å²) in [6.45, 7) is 5.12. The summed E-state index contributed by atoms with van der Waals surface area (Å²) in [6, 6.07) is 5.48. The fourth-order valence-corrected chi connectivity index (χ4v) is 1.78. The van der Waals surface area contributed by atoms with Crippen LogP contribution >= 0.6 is 0 Å². The highest BCUT2D eigenvalue weighted by Gasteiger charge is 2.13. The number of rotatable bonds is 5. The van der Waals surface area contributed by atoms with E-state index in [1.54, 1.807) is 17.9 Å². The van der Waals surface area contributed by atoms with Gasteiger partial charge in [0.25, 0.3) is 0 Å². The zero-order valence-corrected chi connectivity index (χ0v) is 11.5. The number of nitrogens with two attached hydrogens (primary N) is 1. The highest BCUT2D eigenvalue weighted by atomic mass is 16.5. The Morgan fingerprint density at radius 1 is 1.37 bits per heavy atom. The number of nitrogen functional groups attached to an aromatic ring is 1. The molecule has 0 radical (unpaired) electrons. The molecule has 1 aromatic carbocycles. The SMILES string of the molecule is COc1ccc(N)c(-c2nnnn2CCC(C)C)c1. The Bertz CT molecular complexity index is 550. The van der Waals surface area contributed by atoms with Crippen LogP contribution in [0.25, 0.3) is 11.4 Å². The van der Waals surface area contributed by atoms with Crippen LogP contribution in [0.15, 0.2) is 18.2 Å². The van der Waals surface area contributed by atoms with Crippen molar-refractivity contribution in [3.8, 4) is 17.1 Å². The maximum atomic E-state index is 6.00.